The molecule has 3 rings (SSSR count). The molecule has 3 aromatic rings. The van der Waals surface area contributed by atoms with Gasteiger partial charge in [0, 0.05) is 20.4 Å². The standard InChI is InChI=1S/C19H19BrCl2N2/c1-11-5-7-16(22)17-13(4-2-3-9-23)19(24-18(11)17)14-10-12(20)6-8-15(14)21/h5-8,10,24H,2-4,9,23H2,1H3. The van der Waals surface area contributed by atoms with Crippen molar-refractivity contribution in [1.29, 1.82) is 0 Å². The zero-order valence-electron chi connectivity index (χ0n) is 13.4. The van der Waals surface area contributed by atoms with Crippen LogP contribution in [0.15, 0.2) is 34.8 Å². The highest BCUT2D eigenvalue weighted by Gasteiger charge is 2.18. The summed E-state index contributed by atoms with van der Waals surface area (Å²) in [5.41, 5.74) is 11.2. The van der Waals surface area contributed by atoms with E-state index in [-0.39, 0.29) is 0 Å². The molecule has 3 N–H and O–H groups in total. The molecule has 0 saturated carbocycles. The Kier molecular flexibility index (Phi) is 5.56. The minimum Gasteiger partial charge on any atom is -0.354 e. The summed E-state index contributed by atoms with van der Waals surface area (Å²) >= 11 is 16.5. The number of nitrogens with one attached hydrogen (secondary N) is 1. The molecular weight excluding hydrogens is 407 g/mol. The Hall–Kier alpha value is -1.00. The van der Waals surface area contributed by atoms with Gasteiger partial charge in [-0.3, -0.25) is 0 Å². The number of hydrogen-bond acceptors (Lipinski definition) is 1. The number of aromatic amines is 1. The van der Waals surface area contributed by atoms with Gasteiger partial charge in [-0.2, -0.15) is 0 Å². The fraction of sp³-hybridized carbons (Fsp3) is 0.263. The minimum absolute atomic E-state index is 0.697. The Morgan fingerprint density at radius 1 is 1.08 bits per heavy atom. The lowest BCUT2D eigenvalue weighted by Gasteiger charge is -2.08. The van der Waals surface area contributed by atoms with Gasteiger partial charge in [0.2, 0.25) is 0 Å². The van der Waals surface area contributed by atoms with Gasteiger partial charge in [0.15, 0.2) is 0 Å². The van der Waals surface area contributed by atoms with Crippen LogP contribution in [0.25, 0.3) is 22.2 Å². The molecular formula is C19H19BrCl2N2. The summed E-state index contributed by atoms with van der Waals surface area (Å²) in [4.78, 5) is 3.56. The maximum atomic E-state index is 6.53. The van der Waals surface area contributed by atoms with E-state index in [9.17, 15) is 0 Å². The largest absolute Gasteiger partial charge is 0.354 e. The lowest BCUT2D eigenvalue weighted by molar-refractivity contribution is 0.748. The predicted octanol–water partition coefficient (Wildman–Crippen LogP) is 6.49. The van der Waals surface area contributed by atoms with Crippen LogP contribution in [0.2, 0.25) is 10.0 Å². The molecule has 126 valence electrons. The number of aryl methyl sites for hydroxylation is 2. The number of unbranched alkanes of at least 4 members (excludes halogenated alkanes) is 1. The van der Waals surface area contributed by atoms with Crippen molar-refractivity contribution in [3.05, 3.63) is 56.0 Å². The second kappa shape index (κ2) is 7.49. The molecule has 0 amide bonds. The number of nitrogens with two attached hydrogens (primary N) is 1. The molecule has 2 aromatic carbocycles. The van der Waals surface area contributed by atoms with Gasteiger partial charge in [0.1, 0.15) is 0 Å². The molecule has 0 aliphatic carbocycles. The minimum atomic E-state index is 0.697. The van der Waals surface area contributed by atoms with Crippen molar-refractivity contribution < 1.29 is 0 Å². The smallest absolute Gasteiger partial charge is 0.0513 e. The van der Waals surface area contributed by atoms with E-state index in [0.717, 1.165) is 55.9 Å². The molecule has 5 heteroatoms. The number of hydrogen-bond donors (Lipinski definition) is 2. The average Bonchev–Trinajstić information content (AvgIpc) is 2.94. The van der Waals surface area contributed by atoms with Crippen LogP contribution in [0.4, 0.5) is 0 Å². The first-order chi connectivity index (χ1) is 11.5. The van der Waals surface area contributed by atoms with E-state index in [1.54, 1.807) is 0 Å². The first-order valence-electron chi connectivity index (χ1n) is 7.98. The highest BCUT2D eigenvalue weighted by molar-refractivity contribution is 9.10. The number of H-pyrrole nitrogens is 1. The molecule has 0 spiro atoms. The summed E-state index contributed by atoms with van der Waals surface area (Å²) in [7, 11) is 0. The van der Waals surface area contributed by atoms with Gasteiger partial charge < -0.3 is 10.7 Å². The van der Waals surface area contributed by atoms with Gasteiger partial charge in [0.25, 0.3) is 0 Å². The van der Waals surface area contributed by atoms with Gasteiger partial charge in [-0.15, -0.1) is 0 Å². The normalized spacial score (nSPS) is 11.4. The number of halogens is 3. The van der Waals surface area contributed by atoms with E-state index in [2.05, 4.69) is 27.8 Å². The van der Waals surface area contributed by atoms with E-state index in [1.807, 2.05) is 30.3 Å². The fourth-order valence-corrected chi connectivity index (χ4v) is 3.92. The zero-order chi connectivity index (χ0) is 17.3. The van der Waals surface area contributed by atoms with E-state index in [1.165, 1.54) is 11.1 Å². The summed E-state index contributed by atoms with van der Waals surface area (Å²) in [6.07, 6.45) is 2.92. The second-order valence-electron chi connectivity index (χ2n) is 5.96. The van der Waals surface area contributed by atoms with Crippen LogP contribution in [-0.2, 0) is 6.42 Å². The summed E-state index contributed by atoms with van der Waals surface area (Å²) in [5, 5.41) is 2.59. The Labute approximate surface area is 160 Å². The maximum Gasteiger partial charge on any atom is 0.0513 e. The maximum absolute atomic E-state index is 6.53. The summed E-state index contributed by atoms with van der Waals surface area (Å²) in [6, 6.07) is 9.90. The average molecular weight is 426 g/mol. The van der Waals surface area contributed by atoms with E-state index in [0.29, 0.717) is 6.54 Å². The molecule has 0 saturated heterocycles. The molecule has 1 heterocycles. The van der Waals surface area contributed by atoms with E-state index in [4.69, 9.17) is 28.9 Å². The number of aromatic nitrogens is 1. The van der Waals surface area contributed by atoms with Gasteiger partial charge in [-0.05, 0) is 68.1 Å². The van der Waals surface area contributed by atoms with Gasteiger partial charge in [-0.25, -0.2) is 0 Å². The first-order valence-corrected chi connectivity index (χ1v) is 9.53. The number of rotatable bonds is 5. The fourth-order valence-electron chi connectivity index (χ4n) is 3.08. The van der Waals surface area contributed by atoms with Gasteiger partial charge in [0.05, 0.1) is 16.2 Å². The third-order valence-corrected chi connectivity index (χ3v) is 5.43. The van der Waals surface area contributed by atoms with Crippen LogP contribution in [0.5, 0.6) is 0 Å². The Morgan fingerprint density at radius 2 is 1.83 bits per heavy atom. The summed E-state index contributed by atoms with van der Waals surface area (Å²) < 4.78 is 0.997. The molecule has 0 unspecified atom stereocenters. The second-order valence-corrected chi connectivity index (χ2v) is 7.69. The van der Waals surface area contributed by atoms with Crippen molar-refractivity contribution >= 4 is 50.0 Å². The quantitative estimate of drug-likeness (QED) is 0.450. The highest BCUT2D eigenvalue weighted by atomic mass is 79.9. The zero-order valence-corrected chi connectivity index (χ0v) is 16.5. The third-order valence-electron chi connectivity index (χ3n) is 4.30. The summed E-state index contributed by atoms with van der Waals surface area (Å²) in [6.45, 7) is 2.78. The Bertz CT molecular complexity index is 887. The molecule has 0 fully saturated rings. The molecule has 24 heavy (non-hydrogen) atoms. The third kappa shape index (κ3) is 3.36. The van der Waals surface area contributed by atoms with Crippen molar-refractivity contribution in [2.24, 2.45) is 5.73 Å². The molecule has 1 aromatic heterocycles. The van der Waals surface area contributed by atoms with Crippen LogP contribution in [0, 0.1) is 6.92 Å². The topological polar surface area (TPSA) is 41.8 Å². The van der Waals surface area contributed by atoms with Crippen molar-refractivity contribution in [3.8, 4) is 11.3 Å². The Balaban J connectivity index is 2.26. The molecule has 0 aliphatic rings. The van der Waals surface area contributed by atoms with Crippen molar-refractivity contribution in [3.63, 3.8) is 0 Å². The van der Waals surface area contributed by atoms with Gasteiger partial charge >= 0.3 is 0 Å². The molecule has 0 atom stereocenters. The Morgan fingerprint density at radius 3 is 2.58 bits per heavy atom. The number of fused-ring (bicyclic) bond motifs is 1. The van der Waals surface area contributed by atoms with E-state index >= 15 is 0 Å². The van der Waals surface area contributed by atoms with Gasteiger partial charge in [-0.1, -0.05) is 45.2 Å². The lowest BCUT2D eigenvalue weighted by atomic mass is 9.99. The van der Waals surface area contributed by atoms with Crippen LogP contribution in [0.1, 0.15) is 24.0 Å². The highest BCUT2D eigenvalue weighted by Crippen LogP contribution is 2.40. The predicted molar refractivity (Wildman–Crippen MR) is 108 cm³/mol. The summed E-state index contributed by atoms with van der Waals surface area (Å²) in [5.74, 6) is 0. The monoisotopic (exact) mass is 424 g/mol. The van der Waals surface area contributed by atoms with Crippen LogP contribution >= 0.6 is 39.1 Å². The SMILES string of the molecule is Cc1ccc(Cl)c2c(CCCCN)c(-c3cc(Br)ccc3Cl)[nH]c12. The molecule has 0 radical (unpaired) electrons. The van der Waals surface area contributed by atoms with Crippen LogP contribution in [0.3, 0.4) is 0 Å². The van der Waals surface area contributed by atoms with Crippen LogP contribution < -0.4 is 5.73 Å². The van der Waals surface area contributed by atoms with Crippen molar-refractivity contribution in [2.75, 3.05) is 6.54 Å². The number of benzene rings is 2. The molecule has 0 bridgehead atoms. The van der Waals surface area contributed by atoms with Crippen molar-refractivity contribution in [1.82, 2.24) is 4.98 Å². The van der Waals surface area contributed by atoms with Crippen molar-refractivity contribution in [2.45, 2.75) is 26.2 Å². The first kappa shape index (κ1) is 17.8. The van der Waals surface area contributed by atoms with E-state index < -0.39 is 0 Å². The molecule has 0 aliphatic heterocycles. The lowest BCUT2D eigenvalue weighted by Crippen LogP contribution is -1.99. The molecule has 2 nitrogen and oxygen atoms in total. The van der Waals surface area contributed by atoms with Crippen LogP contribution in [-0.4, -0.2) is 11.5 Å².